The summed E-state index contributed by atoms with van der Waals surface area (Å²) in [6.45, 7) is 1.97. The van der Waals surface area contributed by atoms with Gasteiger partial charge in [0.25, 0.3) is 5.92 Å². The average Bonchev–Trinajstić information content (AvgIpc) is 2.30. The standard InChI is InChI=1S/C14H11F5/c1-3-7-10-8(5-4-6-9(10)15)11(14(2,18)19)13(17)12(7)16/h4-6H,3H2,1-2H3. The van der Waals surface area contributed by atoms with Gasteiger partial charge >= 0.3 is 0 Å². The van der Waals surface area contributed by atoms with Crippen molar-refractivity contribution < 1.29 is 22.0 Å². The zero-order valence-electron chi connectivity index (χ0n) is 10.3. The van der Waals surface area contributed by atoms with Crippen LogP contribution in [0.25, 0.3) is 10.8 Å². The van der Waals surface area contributed by atoms with Crippen molar-refractivity contribution in [3.63, 3.8) is 0 Å². The molecule has 0 heterocycles. The molecule has 0 nitrogen and oxygen atoms in total. The number of rotatable bonds is 2. The fraction of sp³-hybridized carbons (Fsp3) is 0.286. The number of alkyl halides is 2. The normalized spacial score (nSPS) is 12.2. The Morgan fingerprint density at radius 1 is 1.05 bits per heavy atom. The number of benzene rings is 2. The van der Waals surface area contributed by atoms with Gasteiger partial charge < -0.3 is 0 Å². The smallest absolute Gasteiger partial charge is 0.206 e. The van der Waals surface area contributed by atoms with E-state index in [9.17, 15) is 22.0 Å². The first-order valence-electron chi connectivity index (χ1n) is 5.75. The lowest BCUT2D eigenvalue weighted by atomic mass is 9.93. The van der Waals surface area contributed by atoms with E-state index in [1.54, 1.807) is 0 Å². The van der Waals surface area contributed by atoms with Gasteiger partial charge in [-0.05, 0) is 17.9 Å². The van der Waals surface area contributed by atoms with Crippen LogP contribution in [0.4, 0.5) is 22.0 Å². The molecule has 0 N–H and O–H groups in total. The Hall–Kier alpha value is -1.65. The third-order valence-corrected chi connectivity index (χ3v) is 3.05. The maximum absolute atomic E-state index is 13.8. The highest BCUT2D eigenvalue weighted by molar-refractivity contribution is 5.90. The third kappa shape index (κ3) is 2.07. The van der Waals surface area contributed by atoms with E-state index in [1.807, 2.05) is 0 Å². The predicted octanol–water partition coefficient (Wildman–Crippen LogP) is 4.93. The second kappa shape index (κ2) is 4.47. The number of halogens is 5. The first-order chi connectivity index (χ1) is 8.79. The molecule has 2 aromatic carbocycles. The van der Waals surface area contributed by atoms with E-state index in [0.29, 0.717) is 6.92 Å². The summed E-state index contributed by atoms with van der Waals surface area (Å²) < 4.78 is 68.4. The van der Waals surface area contributed by atoms with Crippen LogP contribution in [0.3, 0.4) is 0 Å². The Morgan fingerprint density at radius 3 is 2.21 bits per heavy atom. The molecule has 0 aromatic heterocycles. The van der Waals surface area contributed by atoms with E-state index in [-0.39, 0.29) is 22.8 Å². The number of aryl methyl sites for hydroxylation is 1. The van der Waals surface area contributed by atoms with E-state index in [2.05, 4.69) is 0 Å². The van der Waals surface area contributed by atoms with E-state index in [0.717, 1.165) is 6.07 Å². The second-order valence-corrected chi connectivity index (χ2v) is 4.39. The highest BCUT2D eigenvalue weighted by Gasteiger charge is 2.34. The van der Waals surface area contributed by atoms with Crippen molar-refractivity contribution in [1.29, 1.82) is 0 Å². The SMILES string of the molecule is CCc1c(F)c(F)c(C(C)(F)F)c2cccc(F)c12. The summed E-state index contributed by atoms with van der Waals surface area (Å²) in [5, 5.41) is -0.566. The van der Waals surface area contributed by atoms with E-state index >= 15 is 0 Å². The quantitative estimate of drug-likeness (QED) is 0.681. The van der Waals surface area contributed by atoms with Crippen molar-refractivity contribution in [2.45, 2.75) is 26.2 Å². The predicted molar refractivity (Wildman–Crippen MR) is 62.8 cm³/mol. The Balaban J connectivity index is 3.07. The number of hydrogen-bond acceptors (Lipinski definition) is 0. The monoisotopic (exact) mass is 274 g/mol. The molecular formula is C14H11F5. The fourth-order valence-electron chi connectivity index (χ4n) is 2.27. The van der Waals surface area contributed by atoms with Gasteiger partial charge in [0, 0.05) is 17.9 Å². The molecule has 0 aliphatic rings. The molecular weight excluding hydrogens is 263 g/mol. The largest absolute Gasteiger partial charge is 0.274 e. The molecule has 102 valence electrons. The fourth-order valence-corrected chi connectivity index (χ4v) is 2.27. The summed E-state index contributed by atoms with van der Waals surface area (Å²) in [6, 6.07) is 3.41. The van der Waals surface area contributed by atoms with Crippen LogP contribution in [0.15, 0.2) is 18.2 Å². The first kappa shape index (κ1) is 13.8. The molecule has 0 saturated carbocycles. The minimum absolute atomic E-state index is 0.00967. The molecule has 0 aliphatic carbocycles. The van der Waals surface area contributed by atoms with Crippen LogP contribution in [-0.4, -0.2) is 0 Å². The van der Waals surface area contributed by atoms with Crippen molar-refractivity contribution in [1.82, 2.24) is 0 Å². The highest BCUT2D eigenvalue weighted by Crippen LogP contribution is 2.39. The van der Waals surface area contributed by atoms with Crippen LogP contribution < -0.4 is 0 Å². The summed E-state index contributed by atoms with van der Waals surface area (Å²) in [5.41, 5.74) is -1.32. The third-order valence-electron chi connectivity index (χ3n) is 3.05. The van der Waals surface area contributed by atoms with Gasteiger partial charge in [-0.25, -0.2) is 22.0 Å². The van der Waals surface area contributed by atoms with Gasteiger partial charge in [-0.2, -0.15) is 0 Å². The minimum atomic E-state index is -3.59. The molecule has 0 atom stereocenters. The molecule has 0 fully saturated rings. The summed E-state index contributed by atoms with van der Waals surface area (Å²) in [4.78, 5) is 0. The van der Waals surface area contributed by atoms with Crippen molar-refractivity contribution in [3.8, 4) is 0 Å². The molecule has 0 bridgehead atoms. The number of fused-ring (bicyclic) bond motifs is 1. The van der Waals surface area contributed by atoms with E-state index < -0.39 is 28.9 Å². The second-order valence-electron chi connectivity index (χ2n) is 4.39. The lowest BCUT2D eigenvalue weighted by Gasteiger charge is -2.18. The van der Waals surface area contributed by atoms with Gasteiger partial charge in [-0.3, -0.25) is 0 Å². The molecule has 2 aromatic rings. The zero-order valence-corrected chi connectivity index (χ0v) is 10.3. The van der Waals surface area contributed by atoms with E-state index in [4.69, 9.17) is 0 Å². The van der Waals surface area contributed by atoms with Crippen LogP contribution in [0, 0.1) is 17.5 Å². The van der Waals surface area contributed by atoms with Crippen LogP contribution in [0.2, 0.25) is 0 Å². The topological polar surface area (TPSA) is 0 Å². The van der Waals surface area contributed by atoms with Gasteiger partial charge in [0.15, 0.2) is 11.6 Å². The maximum atomic E-state index is 13.8. The van der Waals surface area contributed by atoms with Gasteiger partial charge in [0.1, 0.15) is 5.82 Å². The summed E-state index contributed by atoms with van der Waals surface area (Å²) >= 11 is 0. The number of hydrogen-bond donors (Lipinski definition) is 0. The molecule has 5 heteroatoms. The van der Waals surface area contributed by atoms with E-state index in [1.165, 1.54) is 19.1 Å². The van der Waals surface area contributed by atoms with Gasteiger partial charge in [0.2, 0.25) is 0 Å². The maximum Gasteiger partial charge on any atom is 0.274 e. The van der Waals surface area contributed by atoms with Crippen molar-refractivity contribution in [3.05, 3.63) is 46.8 Å². The highest BCUT2D eigenvalue weighted by atomic mass is 19.3. The minimum Gasteiger partial charge on any atom is -0.206 e. The molecule has 2 rings (SSSR count). The molecule has 0 unspecified atom stereocenters. The Morgan fingerprint density at radius 2 is 1.68 bits per heavy atom. The Kier molecular flexibility index (Phi) is 3.24. The van der Waals surface area contributed by atoms with Crippen LogP contribution >= 0.6 is 0 Å². The Labute approximate surface area is 106 Å². The molecule has 0 saturated heterocycles. The summed E-state index contributed by atoms with van der Waals surface area (Å²) in [6.07, 6.45) is 0.00967. The van der Waals surface area contributed by atoms with Gasteiger partial charge in [0.05, 0.1) is 5.56 Å². The molecule has 0 amide bonds. The van der Waals surface area contributed by atoms with Gasteiger partial charge in [-0.15, -0.1) is 0 Å². The van der Waals surface area contributed by atoms with Crippen molar-refractivity contribution in [2.24, 2.45) is 0 Å². The Bertz CT molecular complexity index is 641. The molecule has 19 heavy (non-hydrogen) atoms. The summed E-state index contributed by atoms with van der Waals surface area (Å²) in [7, 11) is 0. The zero-order chi connectivity index (χ0) is 14.4. The average molecular weight is 274 g/mol. The first-order valence-corrected chi connectivity index (χ1v) is 5.75. The van der Waals surface area contributed by atoms with Crippen molar-refractivity contribution >= 4 is 10.8 Å². The summed E-state index contributed by atoms with van der Waals surface area (Å²) in [5.74, 6) is -7.44. The van der Waals surface area contributed by atoms with Crippen LogP contribution in [0.1, 0.15) is 25.0 Å². The van der Waals surface area contributed by atoms with Crippen LogP contribution in [-0.2, 0) is 12.3 Å². The molecule has 0 spiro atoms. The van der Waals surface area contributed by atoms with Crippen molar-refractivity contribution in [2.75, 3.05) is 0 Å². The lowest BCUT2D eigenvalue weighted by Crippen LogP contribution is -2.14. The lowest BCUT2D eigenvalue weighted by molar-refractivity contribution is 0.0148. The van der Waals surface area contributed by atoms with Crippen LogP contribution in [0.5, 0.6) is 0 Å². The van der Waals surface area contributed by atoms with Gasteiger partial charge in [-0.1, -0.05) is 19.1 Å². The molecule has 0 aliphatic heterocycles. The molecule has 0 radical (unpaired) electrons.